The van der Waals surface area contributed by atoms with Gasteiger partial charge in [-0.1, -0.05) is 80.3 Å². The Balaban J connectivity index is 0.000000114. The summed E-state index contributed by atoms with van der Waals surface area (Å²) in [7, 11) is 0. The van der Waals surface area contributed by atoms with Gasteiger partial charge in [0, 0.05) is 129 Å². The van der Waals surface area contributed by atoms with Gasteiger partial charge in [-0.25, -0.2) is 59.1 Å². The number of pyridine rings is 7. The second-order valence-corrected chi connectivity index (χ2v) is 35.2. The first-order chi connectivity index (χ1) is 65.7. The van der Waals surface area contributed by atoms with Gasteiger partial charge in [-0.15, -0.1) is 34.0 Å². The molecule has 0 saturated heterocycles. The Bertz CT molecular complexity index is 7570. The highest BCUT2D eigenvalue weighted by Crippen LogP contribution is 2.41. The van der Waals surface area contributed by atoms with Crippen molar-refractivity contribution in [3.63, 3.8) is 0 Å². The van der Waals surface area contributed by atoms with Crippen LogP contribution >= 0.6 is 34.0 Å². The number of aromatic nitrogens is 12. The van der Waals surface area contributed by atoms with E-state index in [1.807, 2.05) is 146 Å². The maximum absolute atomic E-state index is 14.2. The quantitative estimate of drug-likeness (QED) is 0.0740. The number of aryl methyl sites for hydroxylation is 2. The van der Waals surface area contributed by atoms with Crippen LogP contribution in [-0.4, -0.2) is 95.1 Å². The number of thiazole rings is 3. The third-order valence-electron chi connectivity index (χ3n) is 23.8. The van der Waals surface area contributed by atoms with Gasteiger partial charge in [0.25, 0.3) is 11.8 Å². The molecule has 12 heterocycles. The standard InChI is InChI=1S/2C26H26FN5O.3C18H10F2N2S/c2*1-16-13-18(8-9-21(16)27)25-19(5-4-11-29-25)17-10-12-32-24(14-17)20(15-30-32)26(33)31-23-7-3-2-6-22(23)28;19-14-5-1-3-13(17(14)20)18-12(4-2-8-21-18)11-6-7-15-16(9-11)23-10-22-15;19-14-5-3-12(8-15(14)20)18-13(2-1-7-21-18)11-4-6-16-17(9-11)23-10-22-16;19-13-6-12(7-14(20)9-13)18-15(2-1-5-21-18)11-3-4-16-17(8-11)23-10-22-16/h2*4-5,8-15,22-23H,2-3,6-7,28H2,1H3,(H,31,33);3*1-10H/t2*22-,23-;;;/m10.../s1. The van der Waals surface area contributed by atoms with Crippen molar-refractivity contribution in [3.8, 4) is 112 Å². The number of fused-ring (bicyclic) bond motifs is 5. The molecule has 0 aliphatic heterocycles. The predicted octanol–water partition coefficient (Wildman–Crippen LogP) is 24.9. The smallest absolute Gasteiger partial charge is 0.255 e. The molecule has 2 aliphatic rings. The highest BCUT2D eigenvalue weighted by Gasteiger charge is 2.29. The van der Waals surface area contributed by atoms with Crippen molar-refractivity contribution < 1.29 is 44.7 Å². The monoisotopic (exact) mass is 1860 g/mol. The van der Waals surface area contributed by atoms with Gasteiger partial charge < -0.3 is 22.1 Å². The number of hydrogen-bond donors (Lipinski definition) is 4. The van der Waals surface area contributed by atoms with Crippen molar-refractivity contribution in [1.82, 2.24) is 69.7 Å². The number of halogens is 8. The molecule has 0 unspecified atom stereocenters. The number of nitrogens with two attached hydrogens (primary N) is 2. The zero-order valence-electron chi connectivity index (χ0n) is 72.4. The van der Waals surface area contributed by atoms with Gasteiger partial charge in [-0.3, -0.25) is 34.5 Å². The van der Waals surface area contributed by atoms with Gasteiger partial charge in [-0.2, -0.15) is 10.2 Å². The van der Waals surface area contributed by atoms with Crippen molar-refractivity contribution >= 4 is 87.5 Å². The summed E-state index contributed by atoms with van der Waals surface area (Å²) in [6.07, 6.45) is 23.1. The van der Waals surface area contributed by atoms with E-state index in [0.717, 1.165) is 178 Å². The number of carbonyl (C=O) groups is 2. The van der Waals surface area contributed by atoms with Crippen LogP contribution in [0.25, 0.3) is 154 Å². The first kappa shape index (κ1) is 90.4. The molecule has 0 bridgehead atoms. The molecule has 2 aliphatic carbocycles. The molecule has 2 fully saturated rings. The average molecular weight is 1860 g/mol. The predicted molar refractivity (Wildman–Crippen MR) is 517 cm³/mol. The van der Waals surface area contributed by atoms with Crippen LogP contribution in [0, 0.1) is 60.4 Å². The number of hydrogen-bond acceptors (Lipinski definition) is 17. The van der Waals surface area contributed by atoms with Crippen molar-refractivity contribution in [3.05, 3.63) is 372 Å². The van der Waals surface area contributed by atoms with E-state index in [1.165, 1.54) is 59.9 Å². The number of carbonyl (C=O) groups excluding carboxylic acids is 2. The fraction of sp³-hybridized carbons (Fsp3) is 0.132. The second-order valence-electron chi connectivity index (χ2n) is 32.6. The largest absolute Gasteiger partial charge is 0.348 e. The number of benzene rings is 8. The van der Waals surface area contributed by atoms with Crippen LogP contribution in [0.15, 0.2) is 303 Å². The van der Waals surface area contributed by atoms with Gasteiger partial charge in [-0.05, 0) is 248 Å². The molecule has 135 heavy (non-hydrogen) atoms. The Morgan fingerprint density at radius 3 is 1.09 bits per heavy atom. The summed E-state index contributed by atoms with van der Waals surface area (Å²) in [5.74, 6) is -5.55. The number of nitrogens with one attached hydrogen (secondary N) is 2. The normalized spacial score (nSPS) is 14.6. The van der Waals surface area contributed by atoms with Gasteiger partial charge in [0.05, 0.1) is 110 Å². The molecular formula is C106H82F8N16O2S3. The maximum Gasteiger partial charge on any atom is 0.255 e. The lowest BCUT2D eigenvalue weighted by molar-refractivity contribution is 0.0914. The Kier molecular flexibility index (Phi) is 27.1. The van der Waals surface area contributed by atoms with E-state index in [2.05, 4.69) is 60.7 Å². The molecule has 2 saturated carbocycles. The van der Waals surface area contributed by atoms with Crippen molar-refractivity contribution in [2.24, 2.45) is 11.5 Å². The molecule has 12 aromatic heterocycles. The molecule has 0 radical (unpaired) electrons. The minimum absolute atomic E-state index is 0.0165. The number of nitrogens with zero attached hydrogens (tertiary/aromatic N) is 12. The lowest BCUT2D eigenvalue weighted by Crippen LogP contribution is -2.49. The third kappa shape index (κ3) is 20.1. The molecular weight excluding hydrogens is 1780 g/mol. The molecule has 29 heteroatoms. The van der Waals surface area contributed by atoms with E-state index in [-0.39, 0.29) is 53.2 Å². The number of amides is 2. The van der Waals surface area contributed by atoms with Crippen molar-refractivity contribution in [2.45, 2.75) is 89.4 Å². The lowest BCUT2D eigenvalue weighted by atomic mass is 9.91. The topological polar surface area (TPSA) is 248 Å². The summed E-state index contributed by atoms with van der Waals surface area (Å²) in [6.45, 7) is 3.48. The Morgan fingerprint density at radius 1 is 0.333 bits per heavy atom. The van der Waals surface area contributed by atoms with E-state index in [1.54, 1.807) is 136 Å². The Morgan fingerprint density at radius 2 is 0.689 bits per heavy atom. The van der Waals surface area contributed by atoms with Crippen molar-refractivity contribution in [2.75, 3.05) is 0 Å². The molecule has 8 aromatic carbocycles. The molecule has 4 atom stereocenters. The molecule has 22 rings (SSSR count). The first-order valence-electron chi connectivity index (χ1n) is 43.4. The maximum atomic E-state index is 14.2. The van der Waals surface area contributed by atoms with Crippen LogP contribution in [0.3, 0.4) is 0 Å². The zero-order chi connectivity index (χ0) is 93.3. The summed E-state index contributed by atoms with van der Waals surface area (Å²) in [4.78, 5) is 61.0. The highest BCUT2D eigenvalue weighted by atomic mass is 32.1. The molecule has 6 N–H and O–H groups in total. The van der Waals surface area contributed by atoms with E-state index in [9.17, 15) is 44.7 Å². The van der Waals surface area contributed by atoms with E-state index < -0.39 is 34.9 Å². The first-order valence-corrected chi connectivity index (χ1v) is 46.1. The average Bonchev–Trinajstić information content (AvgIpc) is 1.57. The van der Waals surface area contributed by atoms with Gasteiger partial charge in [0.2, 0.25) is 0 Å². The van der Waals surface area contributed by atoms with Crippen LogP contribution in [-0.2, 0) is 0 Å². The van der Waals surface area contributed by atoms with Crippen molar-refractivity contribution in [1.29, 1.82) is 0 Å². The molecule has 672 valence electrons. The van der Waals surface area contributed by atoms with Gasteiger partial charge in [0.15, 0.2) is 23.3 Å². The highest BCUT2D eigenvalue weighted by molar-refractivity contribution is 7.17. The van der Waals surface area contributed by atoms with Gasteiger partial charge in [0.1, 0.15) is 23.3 Å². The van der Waals surface area contributed by atoms with Crippen LogP contribution < -0.4 is 22.1 Å². The van der Waals surface area contributed by atoms with Gasteiger partial charge >= 0.3 is 0 Å². The Hall–Kier alpha value is -15.1. The van der Waals surface area contributed by atoms with Crippen LogP contribution in [0.1, 0.15) is 83.2 Å². The summed E-state index contributed by atoms with van der Waals surface area (Å²) in [6, 6.07) is 65.5. The summed E-state index contributed by atoms with van der Waals surface area (Å²) in [5, 5.41) is 14.9. The summed E-state index contributed by atoms with van der Waals surface area (Å²) >= 11 is 4.65. The van der Waals surface area contributed by atoms with Crippen LogP contribution in [0.4, 0.5) is 35.1 Å². The lowest BCUT2D eigenvalue weighted by Gasteiger charge is -2.29. The van der Waals surface area contributed by atoms with Crippen LogP contribution in [0.5, 0.6) is 0 Å². The minimum atomic E-state index is -0.883. The molecule has 2 amide bonds. The molecule has 20 aromatic rings. The third-order valence-corrected chi connectivity index (χ3v) is 26.2. The Labute approximate surface area is 781 Å². The summed E-state index contributed by atoms with van der Waals surface area (Å²) in [5.41, 5.74) is 38.9. The fourth-order valence-corrected chi connectivity index (χ4v) is 19.0. The number of rotatable bonds is 14. The summed E-state index contributed by atoms with van der Waals surface area (Å²) < 4.78 is 116. The molecule has 18 nitrogen and oxygen atoms in total. The van der Waals surface area contributed by atoms with E-state index >= 15 is 0 Å². The minimum Gasteiger partial charge on any atom is -0.348 e. The van der Waals surface area contributed by atoms with Crippen LogP contribution in [0.2, 0.25) is 0 Å². The van der Waals surface area contributed by atoms with E-state index in [0.29, 0.717) is 61.5 Å². The zero-order valence-corrected chi connectivity index (χ0v) is 74.9. The second kappa shape index (κ2) is 40.5. The molecule has 0 spiro atoms. The van der Waals surface area contributed by atoms with E-state index in [4.69, 9.17) is 11.5 Å². The SMILES string of the molecule is Cc1cc(-c2ncccc2-c2ccn3ncc(C(=O)N[C@@H]4CCCC[C@H]4N)c3c2)ccc1F.Cc1cc(-c2ncccc2-c2ccn3ncc(C(=O)N[C@H]4CCCC[C@@H]4N)c3c2)ccc1F.Fc1cc(F)cc(-c2ncccc2-c2ccc3ncsc3c2)c1.Fc1ccc(-c2ncccc2-c2ccc3ncsc3c2)cc1F.Fc1cccc(-c2ncccc2-c2ccc3ncsc3c2)c1F. The fourth-order valence-electron chi connectivity index (χ4n) is 16.8.